The van der Waals surface area contributed by atoms with Crippen molar-refractivity contribution in [3.63, 3.8) is 0 Å². The van der Waals surface area contributed by atoms with Crippen molar-refractivity contribution in [1.82, 2.24) is 5.32 Å². The summed E-state index contributed by atoms with van der Waals surface area (Å²) in [6, 6.07) is 14.8. The third kappa shape index (κ3) is 4.98. The summed E-state index contributed by atoms with van der Waals surface area (Å²) in [5, 5.41) is 2.83. The third-order valence-corrected chi connectivity index (χ3v) is 7.78. The summed E-state index contributed by atoms with van der Waals surface area (Å²) < 4.78 is 25.5. The molecule has 0 unspecified atom stereocenters. The fourth-order valence-corrected chi connectivity index (χ4v) is 5.24. The van der Waals surface area contributed by atoms with Gasteiger partial charge in [-0.2, -0.15) is 0 Å². The Labute approximate surface area is 183 Å². The molecule has 6 nitrogen and oxygen atoms in total. The molecule has 7 heteroatoms. The number of hydrogen-bond acceptors (Lipinski definition) is 4. The predicted molar refractivity (Wildman–Crippen MR) is 120 cm³/mol. The summed E-state index contributed by atoms with van der Waals surface area (Å²) in [6.07, 6.45) is 2.48. The quantitative estimate of drug-likeness (QED) is 0.684. The van der Waals surface area contributed by atoms with Crippen LogP contribution in [0.2, 0.25) is 0 Å². The van der Waals surface area contributed by atoms with Gasteiger partial charge in [-0.15, -0.1) is 0 Å². The lowest BCUT2D eigenvalue weighted by Crippen LogP contribution is -2.30. The minimum Gasteiger partial charge on any atom is -0.355 e. The molecule has 1 aliphatic carbocycles. The van der Waals surface area contributed by atoms with E-state index in [-0.39, 0.29) is 40.7 Å². The van der Waals surface area contributed by atoms with Crippen molar-refractivity contribution in [3.05, 3.63) is 59.7 Å². The first-order valence-corrected chi connectivity index (χ1v) is 12.5. The third-order valence-electron chi connectivity index (χ3n) is 6.07. The molecule has 1 N–H and O–H groups in total. The Balaban J connectivity index is 1.32. The van der Waals surface area contributed by atoms with Gasteiger partial charge in [0.15, 0.2) is 9.84 Å². The molecule has 0 spiro atoms. The van der Waals surface area contributed by atoms with Crippen LogP contribution in [-0.4, -0.2) is 39.1 Å². The van der Waals surface area contributed by atoms with E-state index in [9.17, 15) is 18.0 Å². The molecule has 0 saturated heterocycles. The molecule has 2 aliphatic rings. The zero-order valence-electron chi connectivity index (χ0n) is 17.7. The van der Waals surface area contributed by atoms with Crippen LogP contribution in [0.5, 0.6) is 0 Å². The van der Waals surface area contributed by atoms with Gasteiger partial charge in [0.2, 0.25) is 11.8 Å². The highest BCUT2D eigenvalue weighted by atomic mass is 32.2. The molecule has 31 heavy (non-hydrogen) atoms. The van der Waals surface area contributed by atoms with Crippen LogP contribution in [0.15, 0.2) is 53.4 Å². The Morgan fingerprint density at radius 2 is 1.87 bits per heavy atom. The SMILES string of the molecule is C[C@H](CNC(=O)CCS(=O)(=O)c1ccc2c(c1)CCN2C(=O)C1CC1)c1ccccc1. The van der Waals surface area contributed by atoms with Crippen LogP contribution in [0.4, 0.5) is 5.69 Å². The molecule has 2 amide bonds. The average Bonchev–Trinajstić information content (AvgIpc) is 3.55. The number of amides is 2. The van der Waals surface area contributed by atoms with E-state index in [1.165, 1.54) is 0 Å². The molecular weight excluding hydrogens is 412 g/mol. The van der Waals surface area contributed by atoms with Crippen molar-refractivity contribution in [3.8, 4) is 0 Å². The van der Waals surface area contributed by atoms with Gasteiger partial charge in [0.05, 0.1) is 10.6 Å². The lowest BCUT2D eigenvalue weighted by atomic mass is 10.0. The monoisotopic (exact) mass is 440 g/mol. The molecule has 2 aromatic rings. The summed E-state index contributed by atoms with van der Waals surface area (Å²) >= 11 is 0. The zero-order valence-corrected chi connectivity index (χ0v) is 18.5. The summed E-state index contributed by atoms with van der Waals surface area (Å²) in [5.41, 5.74) is 2.84. The Morgan fingerprint density at radius 1 is 1.13 bits per heavy atom. The number of carbonyl (C=O) groups excluding carboxylic acids is 2. The van der Waals surface area contributed by atoms with E-state index in [1.807, 2.05) is 37.3 Å². The number of hydrogen-bond donors (Lipinski definition) is 1. The van der Waals surface area contributed by atoms with Gasteiger partial charge in [-0.1, -0.05) is 37.3 Å². The van der Waals surface area contributed by atoms with Crippen molar-refractivity contribution in [2.24, 2.45) is 5.92 Å². The van der Waals surface area contributed by atoms with Crippen molar-refractivity contribution in [2.45, 2.75) is 43.4 Å². The van der Waals surface area contributed by atoms with Gasteiger partial charge < -0.3 is 10.2 Å². The molecule has 0 radical (unpaired) electrons. The van der Waals surface area contributed by atoms with E-state index in [0.29, 0.717) is 19.5 Å². The molecule has 2 aromatic carbocycles. The topological polar surface area (TPSA) is 83.6 Å². The second kappa shape index (κ2) is 8.83. The van der Waals surface area contributed by atoms with Crippen LogP contribution in [0.1, 0.15) is 43.2 Å². The second-order valence-corrected chi connectivity index (χ2v) is 10.6. The Morgan fingerprint density at radius 3 is 2.58 bits per heavy atom. The van der Waals surface area contributed by atoms with Gasteiger partial charge in [0, 0.05) is 31.1 Å². The standard InChI is InChI=1S/C24H28N2O4S/c1-17(18-5-3-2-4-6-18)16-25-23(27)12-14-31(29,30)21-9-10-22-20(15-21)11-13-26(22)24(28)19-7-8-19/h2-6,9-10,15,17,19H,7-8,11-14,16H2,1H3,(H,25,27)/t17-/m1/s1. The Bertz CT molecular complexity index is 1080. The highest BCUT2D eigenvalue weighted by Gasteiger charge is 2.36. The lowest BCUT2D eigenvalue weighted by Gasteiger charge is -2.17. The van der Waals surface area contributed by atoms with Crippen LogP contribution in [0.3, 0.4) is 0 Å². The van der Waals surface area contributed by atoms with Crippen LogP contribution in [-0.2, 0) is 25.8 Å². The maximum absolute atomic E-state index is 12.8. The number of rotatable bonds is 8. The van der Waals surface area contributed by atoms with Gasteiger partial charge >= 0.3 is 0 Å². The predicted octanol–water partition coefficient (Wildman–Crippen LogP) is 3.07. The summed E-state index contributed by atoms with van der Waals surface area (Å²) in [6.45, 7) is 3.09. The molecule has 1 saturated carbocycles. The first kappa shape index (κ1) is 21.6. The van der Waals surface area contributed by atoms with Crippen LogP contribution in [0.25, 0.3) is 0 Å². The van der Waals surface area contributed by atoms with Crippen LogP contribution < -0.4 is 10.2 Å². The lowest BCUT2D eigenvalue weighted by molar-refractivity contribution is -0.121. The van der Waals surface area contributed by atoms with Gasteiger partial charge in [0.25, 0.3) is 0 Å². The first-order chi connectivity index (χ1) is 14.8. The van der Waals surface area contributed by atoms with E-state index < -0.39 is 9.84 Å². The van der Waals surface area contributed by atoms with E-state index in [4.69, 9.17) is 0 Å². The number of sulfone groups is 1. The summed E-state index contributed by atoms with van der Waals surface area (Å²) in [4.78, 5) is 26.6. The summed E-state index contributed by atoms with van der Waals surface area (Å²) in [5.74, 6) is -0.0658. The Hall–Kier alpha value is -2.67. The number of carbonyl (C=O) groups is 2. The molecule has 1 fully saturated rings. The maximum atomic E-state index is 12.8. The molecular formula is C24H28N2O4S. The summed E-state index contributed by atoms with van der Waals surface area (Å²) in [7, 11) is -3.57. The Kier molecular flexibility index (Phi) is 6.14. The number of anilines is 1. The van der Waals surface area contributed by atoms with Crippen molar-refractivity contribution >= 4 is 27.3 Å². The highest BCUT2D eigenvalue weighted by molar-refractivity contribution is 7.91. The highest BCUT2D eigenvalue weighted by Crippen LogP contribution is 2.37. The van der Waals surface area contributed by atoms with E-state index in [2.05, 4.69) is 5.32 Å². The molecule has 1 heterocycles. The fourth-order valence-electron chi connectivity index (χ4n) is 3.95. The molecule has 164 valence electrons. The number of nitrogens with one attached hydrogen (secondary N) is 1. The van der Waals surface area contributed by atoms with E-state index >= 15 is 0 Å². The number of nitrogens with zero attached hydrogens (tertiary/aromatic N) is 1. The van der Waals surface area contributed by atoms with Crippen molar-refractivity contribution < 1.29 is 18.0 Å². The van der Waals surface area contributed by atoms with Gasteiger partial charge in [-0.05, 0) is 54.5 Å². The fraction of sp³-hybridized carbons (Fsp3) is 0.417. The minimum atomic E-state index is -3.57. The van der Waals surface area contributed by atoms with Crippen molar-refractivity contribution in [2.75, 3.05) is 23.7 Å². The first-order valence-electron chi connectivity index (χ1n) is 10.8. The van der Waals surface area contributed by atoms with Gasteiger partial charge in [0.1, 0.15) is 0 Å². The maximum Gasteiger partial charge on any atom is 0.230 e. The second-order valence-electron chi connectivity index (χ2n) is 8.49. The van der Waals surface area contributed by atoms with E-state index in [1.54, 1.807) is 23.1 Å². The van der Waals surface area contributed by atoms with E-state index in [0.717, 1.165) is 29.7 Å². The molecule has 1 atom stereocenters. The average molecular weight is 441 g/mol. The molecule has 0 aromatic heterocycles. The molecule has 1 aliphatic heterocycles. The normalized spacial score (nSPS) is 16.6. The molecule has 0 bridgehead atoms. The number of fused-ring (bicyclic) bond motifs is 1. The smallest absolute Gasteiger partial charge is 0.230 e. The largest absolute Gasteiger partial charge is 0.355 e. The number of benzene rings is 2. The molecule has 4 rings (SSSR count). The zero-order chi connectivity index (χ0) is 22.0. The van der Waals surface area contributed by atoms with Crippen LogP contribution in [0, 0.1) is 5.92 Å². The van der Waals surface area contributed by atoms with Crippen molar-refractivity contribution in [1.29, 1.82) is 0 Å². The minimum absolute atomic E-state index is 0.0762. The van der Waals surface area contributed by atoms with Gasteiger partial charge in [-0.25, -0.2) is 8.42 Å². The van der Waals surface area contributed by atoms with Crippen LogP contribution >= 0.6 is 0 Å². The van der Waals surface area contributed by atoms with Gasteiger partial charge in [-0.3, -0.25) is 9.59 Å².